The van der Waals surface area contributed by atoms with Crippen LogP contribution in [0.3, 0.4) is 0 Å². The summed E-state index contributed by atoms with van der Waals surface area (Å²) >= 11 is 0. The number of halogens is 3. The van der Waals surface area contributed by atoms with Crippen molar-refractivity contribution < 1.29 is 31.5 Å². The van der Waals surface area contributed by atoms with Gasteiger partial charge >= 0.3 is 12.1 Å². The van der Waals surface area contributed by atoms with Gasteiger partial charge in [-0.1, -0.05) is 0 Å². The summed E-state index contributed by atoms with van der Waals surface area (Å²) < 4.78 is 59.6. The molecule has 0 heterocycles. The molecule has 6 nitrogen and oxygen atoms in total. The Kier molecular flexibility index (Phi) is 5.36. The topological polar surface area (TPSA) is 77.9 Å². The number of rotatable bonds is 6. The lowest BCUT2D eigenvalue weighted by Gasteiger charge is -2.24. The number of carbonyl (C=O) groups is 1. The molecule has 0 spiro atoms. The fraction of sp³-hybridized carbons (Fsp3) is 0.857. The van der Waals surface area contributed by atoms with Crippen LogP contribution in [0.4, 0.5) is 13.2 Å². The maximum absolute atomic E-state index is 12.0. The Morgan fingerprint density at radius 3 is 2.06 bits per heavy atom. The molecule has 102 valence electrons. The van der Waals surface area contributed by atoms with E-state index in [2.05, 4.69) is 0 Å². The zero-order chi connectivity index (χ0) is 13.9. The Balaban J connectivity index is 4.60. The van der Waals surface area contributed by atoms with Crippen LogP contribution in [0.2, 0.25) is 0 Å². The predicted octanol–water partition coefficient (Wildman–Crippen LogP) is 0.132. The number of nitrogens with zero attached hydrogens (tertiary/aromatic N) is 2. The van der Waals surface area contributed by atoms with E-state index in [9.17, 15) is 26.4 Å². The lowest BCUT2D eigenvalue weighted by molar-refractivity contribution is -0.137. The van der Waals surface area contributed by atoms with Gasteiger partial charge in [-0.25, -0.2) is 0 Å². The molecule has 17 heavy (non-hydrogen) atoms. The fourth-order valence-corrected chi connectivity index (χ4v) is 2.05. The molecule has 0 saturated heterocycles. The van der Waals surface area contributed by atoms with Crippen LogP contribution in [0.5, 0.6) is 0 Å². The first-order valence-corrected chi connectivity index (χ1v) is 5.82. The lowest BCUT2D eigenvalue weighted by Crippen LogP contribution is -2.44. The maximum atomic E-state index is 12.0. The third kappa shape index (κ3) is 5.84. The van der Waals surface area contributed by atoms with E-state index in [1.807, 2.05) is 0 Å². The van der Waals surface area contributed by atoms with Crippen molar-refractivity contribution >= 4 is 16.2 Å². The number of alkyl halides is 3. The fourth-order valence-electron chi connectivity index (χ4n) is 0.940. The normalized spacial score (nSPS) is 13.4. The first-order chi connectivity index (χ1) is 7.47. The van der Waals surface area contributed by atoms with Crippen LogP contribution in [0.25, 0.3) is 0 Å². The SMILES string of the molecule is CN(CCC(=O)O)S(=O)(=O)N(C)CC(F)(F)F. The third-order valence-corrected chi connectivity index (χ3v) is 3.72. The molecule has 0 aliphatic heterocycles. The zero-order valence-electron chi connectivity index (χ0n) is 9.23. The number of carboxylic acids is 1. The second-order valence-corrected chi connectivity index (χ2v) is 5.49. The quantitative estimate of drug-likeness (QED) is 0.749. The van der Waals surface area contributed by atoms with Crippen molar-refractivity contribution in [3.8, 4) is 0 Å². The van der Waals surface area contributed by atoms with E-state index in [0.717, 1.165) is 14.1 Å². The van der Waals surface area contributed by atoms with Gasteiger partial charge in [0.15, 0.2) is 0 Å². The number of hydrogen-bond donors (Lipinski definition) is 1. The van der Waals surface area contributed by atoms with Crippen LogP contribution < -0.4 is 0 Å². The molecular formula is C7H13F3N2O4S. The second-order valence-electron chi connectivity index (χ2n) is 3.34. The van der Waals surface area contributed by atoms with Gasteiger partial charge in [0.2, 0.25) is 0 Å². The summed E-state index contributed by atoms with van der Waals surface area (Å²) in [6, 6.07) is 0. The van der Waals surface area contributed by atoms with Gasteiger partial charge in [0, 0.05) is 20.6 Å². The summed E-state index contributed by atoms with van der Waals surface area (Å²) in [5, 5.41) is 8.34. The molecule has 0 aromatic heterocycles. The molecule has 0 amide bonds. The van der Waals surface area contributed by atoms with E-state index in [4.69, 9.17) is 5.11 Å². The molecule has 0 saturated carbocycles. The van der Waals surface area contributed by atoms with Crippen molar-refractivity contribution in [2.24, 2.45) is 0 Å². The number of carboxylic acid groups (broad SMARTS) is 1. The Hall–Kier alpha value is -0.870. The van der Waals surface area contributed by atoms with Crippen LogP contribution in [-0.2, 0) is 15.0 Å². The molecule has 0 bridgehead atoms. The Morgan fingerprint density at radius 2 is 1.71 bits per heavy atom. The molecule has 0 aliphatic carbocycles. The highest BCUT2D eigenvalue weighted by atomic mass is 32.2. The van der Waals surface area contributed by atoms with Crippen molar-refractivity contribution in [2.45, 2.75) is 12.6 Å². The summed E-state index contributed by atoms with van der Waals surface area (Å²) in [4.78, 5) is 10.2. The number of aliphatic carboxylic acids is 1. The first-order valence-electron chi connectivity index (χ1n) is 4.43. The van der Waals surface area contributed by atoms with Crippen LogP contribution in [-0.4, -0.2) is 61.5 Å². The van der Waals surface area contributed by atoms with Gasteiger partial charge in [0.25, 0.3) is 10.2 Å². The van der Waals surface area contributed by atoms with Gasteiger partial charge in [-0.05, 0) is 0 Å². The minimum atomic E-state index is -4.64. The molecule has 1 N–H and O–H groups in total. The molecule has 0 atom stereocenters. The van der Waals surface area contributed by atoms with Crippen LogP contribution in [0.1, 0.15) is 6.42 Å². The van der Waals surface area contributed by atoms with Gasteiger partial charge in [0.05, 0.1) is 6.42 Å². The highest BCUT2D eigenvalue weighted by Gasteiger charge is 2.35. The van der Waals surface area contributed by atoms with Crippen molar-refractivity contribution in [3.05, 3.63) is 0 Å². The molecule has 0 aromatic carbocycles. The largest absolute Gasteiger partial charge is 0.481 e. The molecule has 0 rings (SSSR count). The van der Waals surface area contributed by atoms with Crippen molar-refractivity contribution in [2.75, 3.05) is 27.2 Å². The first kappa shape index (κ1) is 16.1. The van der Waals surface area contributed by atoms with Crippen molar-refractivity contribution in [1.29, 1.82) is 0 Å². The summed E-state index contributed by atoms with van der Waals surface area (Å²) in [5.41, 5.74) is 0. The Bertz CT molecular complexity index is 368. The highest BCUT2D eigenvalue weighted by molar-refractivity contribution is 7.86. The average molecular weight is 278 g/mol. The summed E-state index contributed by atoms with van der Waals surface area (Å²) in [5.74, 6) is -1.23. The van der Waals surface area contributed by atoms with Gasteiger partial charge in [-0.2, -0.15) is 30.2 Å². The predicted molar refractivity (Wildman–Crippen MR) is 52.5 cm³/mol. The molecule has 0 fully saturated rings. The van der Waals surface area contributed by atoms with E-state index in [1.165, 1.54) is 0 Å². The monoisotopic (exact) mass is 278 g/mol. The Morgan fingerprint density at radius 1 is 1.24 bits per heavy atom. The van der Waals surface area contributed by atoms with E-state index in [-0.39, 0.29) is 10.8 Å². The van der Waals surface area contributed by atoms with Crippen LogP contribution in [0.15, 0.2) is 0 Å². The Labute approximate surface area is 96.8 Å². The molecule has 0 radical (unpaired) electrons. The summed E-state index contributed by atoms with van der Waals surface area (Å²) in [6.07, 6.45) is -5.12. The van der Waals surface area contributed by atoms with Gasteiger partial charge in [0.1, 0.15) is 6.54 Å². The smallest absolute Gasteiger partial charge is 0.402 e. The zero-order valence-corrected chi connectivity index (χ0v) is 10.0. The van der Waals surface area contributed by atoms with E-state index in [1.54, 1.807) is 0 Å². The van der Waals surface area contributed by atoms with Crippen molar-refractivity contribution in [3.63, 3.8) is 0 Å². The second kappa shape index (κ2) is 5.65. The van der Waals surface area contributed by atoms with E-state index >= 15 is 0 Å². The molecule has 0 aliphatic rings. The molecular weight excluding hydrogens is 265 g/mol. The van der Waals surface area contributed by atoms with Crippen LogP contribution >= 0.6 is 0 Å². The maximum Gasteiger partial charge on any atom is 0.402 e. The third-order valence-electron chi connectivity index (χ3n) is 1.83. The minimum Gasteiger partial charge on any atom is -0.481 e. The molecule has 0 aromatic rings. The van der Waals surface area contributed by atoms with Gasteiger partial charge in [-0.15, -0.1) is 0 Å². The highest BCUT2D eigenvalue weighted by Crippen LogP contribution is 2.18. The average Bonchev–Trinajstić information content (AvgIpc) is 2.10. The summed E-state index contributed by atoms with van der Waals surface area (Å²) in [7, 11) is -2.49. The van der Waals surface area contributed by atoms with Gasteiger partial charge < -0.3 is 5.11 Å². The lowest BCUT2D eigenvalue weighted by atomic mass is 10.4. The van der Waals surface area contributed by atoms with E-state index < -0.39 is 35.3 Å². The standard InChI is InChI=1S/C7H13F3N2O4S/c1-11(4-3-6(13)14)17(15,16)12(2)5-7(8,9)10/h3-5H2,1-2H3,(H,13,14). The summed E-state index contributed by atoms with van der Waals surface area (Å²) in [6.45, 7) is -2.01. The number of hydrogen-bond acceptors (Lipinski definition) is 3. The van der Waals surface area contributed by atoms with Gasteiger partial charge in [-0.3, -0.25) is 4.79 Å². The molecule has 10 heteroatoms. The van der Waals surface area contributed by atoms with Crippen LogP contribution in [0, 0.1) is 0 Å². The van der Waals surface area contributed by atoms with Crippen molar-refractivity contribution in [1.82, 2.24) is 8.61 Å². The molecule has 0 unspecified atom stereocenters. The van der Waals surface area contributed by atoms with E-state index in [0.29, 0.717) is 4.31 Å². The minimum absolute atomic E-state index is 0.120.